The number of alkyl halides is 3. The molecule has 0 radical (unpaired) electrons. The van der Waals surface area contributed by atoms with Crippen LogP contribution in [0.1, 0.15) is 18.5 Å². The first-order valence-corrected chi connectivity index (χ1v) is 5.37. The molecule has 0 saturated carbocycles. The van der Waals surface area contributed by atoms with Gasteiger partial charge in [0.2, 0.25) is 11.8 Å². The highest BCUT2D eigenvalue weighted by molar-refractivity contribution is 6.01. The van der Waals surface area contributed by atoms with E-state index in [2.05, 4.69) is 20.8 Å². The summed E-state index contributed by atoms with van der Waals surface area (Å²) >= 11 is 0. The van der Waals surface area contributed by atoms with Gasteiger partial charge in [-0.25, -0.2) is 0 Å². The maximum Gasteiger partial charge on any atom is 0.435 e. The minimum Gasteiger partial charge on any atom is -0.357 e. The topological polar surface area (TPSA) is 84.0 Å². The second-order valence-corrected chi connectivity index (χ2v) is 3.95. The van der Waals surface area contributed by atoms with Crippen LogP contribution in [0.2, 0.25) is 0 Å². The van der Waals surface area contributed by atoms with E-state index in [9.17, 15) is 22.8 Å². The Labute approximate surface area is 105 Å². The van der Waals surface area contributed by atoms with E-state index in [1.165, 1.54) is 0 Å². The molecule has 1 aromatic rings. The minimum atomic E-state index is -4.56. The summed E-state index contributed by atoms with van der Waals surface area (Å²) in [4.78, 5) is 22.3. The molecule has 19 heavy (non-hydrogen) atoms. The van der Waals surface area contributed by atoms with E-state index in [1.54, 1.807) is 0 Å². The molecule has 2 heterocycles. The van der Waals surface area contributed by atoms with E-state index < -0.39 is 23.8 Å². The Kier molecular flexibility index (Phi) is 3.36. The molecule has 1 unspecified atom stereocenters. The zero-order valence-electron chi connectivity index (χ0n) is 9.49. The summed E-state index contributed by atoms with van der Waals surface area (Å²) in [5.74, 6) is -0.859. The van der Waals surface area contributed by atoms with Gasteiger partial charge in [-0.3, -0.25) is 14.9 Å². The van der Waals surface area contributed by atoms with Crippen molar-refractivity contribution in [1.82, 2.24) is 15.5 Å². The zero-order valence-corrected chi connectivity index (χ0v) is 9.49. The number of anilines is 1. The molecular weight excluding hydrogens is 265 g/mol. The number of rotatable bonds is 2. The van der Waals surface area contributed by atoms with Gasteiger partial charge in [-0.05, 0) is 18.6 Å². The van der Waals surface area contributed by atoms with Gasteiger partial charge in [0.15, 0.2) is 5.69 Å². The molecule has 6 nitrogen and oxygen atoms in total. The van der Waals surface area contributed by atoms with Crippen molar-refractivity contribution in [2.45, 2.75) is 25.1 Å². The molecule has 1 aliphatic rings. The molecule has 9 heteroatoms. The van der Waals surface area contributed by atoms with Crippen molar-refractivity contribution >= 4 is 17.6 Å². The first-order valence-electron chi connectivity index (χ1n) is 5.37. The van der Waals surface area contributed by atoms with Crippen molar-refractivity contribution in [3.8, 4) is 0 Å². The molecule has 2 rings (SSSR count). The van der Waals surface area contributed by atoms with E-state index >= 15 is 0 Å². The number of nitrogens with zero attached hydrogens (tertiary/aromatic N) is 2. The predicted molar refractivity (Wildman–Crippen MR) is 56.8 cm³/mol. The Balaban J connectivity index is 2.04. The maximum absolute atomic E-state index is 12.3. The fourth-order valence-electron chi connectivity index (χ4n) is 1.57. The molecule has 102 valence electrons. The van der Waals surface area contributed by atoms with Crippen LogP contribution in [0.3, 0.4) is 0 Å². The third-order valence-electron chi connectivity index (χ3n) is 2.52. The summed E-state index contributed by atoms with van der Waals surface area (Å²) in [5, 5.41) is 11.1. The Hall–Kier alpha value is -2.19. The molecule has 0 spiro atoms. The van der Waals surface area contributed by atoms with Gasteiger partial charge in [0, 0.05) is 6.42 Å². The van der Waals surface area contributed by atoms with Crippen molar-refractivity contribution in [1.29, 1.82) is 0 Å². The second kappa shape index (κ2) is 4.82. The molecule has 2 N–H and O–H groups in total. The molecule has 2 amide bonds. The van der Waals surface area contributed by atoms with E-state index in [4.69, 9.17) is 0 Å². The van der Waals surface area contributed by atoms with Crippen molar-refractivity contribution < 1.29 is 22.8 Å². The number of piperidine rings is 1. The fraction of sp³-hybridized carbons (Fsp3) is 0.400. The van der Waals surface area contributed by atoms with Gasteiger partial charge in [0.05, 0.1) is 0 Å². The lowest BCUT2D eigenvalue weighted by atomic mass is 10.1. The Morgan fingerprint density at radius 2 is 2.00 bits per heavy atom. The van der Waals surface area contributed by atoms with Crippen LogP contribution < -0.4 is 10.6 Å². The quantitative estimate of drug-likeness (QED) is 0.776. The number of amides is 2. The summed E-state index contributed by atoms with van der Waals surface area (Å²) in [7, 11) is 0. The Morgan fingerprint density at radius 1 is 1.26 bits per heavy atom. The highest BCUT2D eigenvalue weighted by Gasteiger charge is 2.33. The van der Waals surface area contributed by atoms with E-state index in [-0.39, 0.29) is 24.6 Å². The van der Waals surface area contributed by atoms with Crippen LogP contribution in [0.5, 0.6) is 0 Å². The third kappa shape index (κ3) is 3.18. The number of hydrogen-bond acceptors (Lipinski definition) is 5. The zero-order chi connectivity index (χ0) is 14.0. The normalized spacial score (nSPS) is 20.1. The number of aromatic nitrogens is 2. The first-order chi connectivity index (χ1) is 8.86. The van der Waals surface area contributed by atoms with Gasteiger partial charge in [0.1, 0.15) is 11.9 Å². The van der Waals surface area contributed by atoms with Gasteiger partial charge in [-0.1, -0.05) is 0 Å². The molecule has 1 fully saturated rings. The van der Waals surface area contributed by atoms with Gasteiger partial charge in [-0.15, -0.1) is 10.2 Å². The van der Waals surface area contributed by atoms with Crippen LogP contribution in [0, 0.1) is 0 Å². The monoisotopic (exact) mass is 274 g/mol. The molecule has 0 bridgehead atoms. The van der Waals surface area contributed by atoms with Gasteiger partial charge in [-0.2, -0.15) is 13.2 Å². The number of carbonyl (C=O) groups is 2. The van der Waals surface area contributed by atoms with E-state index in [0.29, 0.717) is 0 Å². The van der Waals surface area contributed by atoms with Crippen molar-refractivity contribution in [3.63, 3.8) is 0 Å². The lowest BCUT2D eigenvalue weighted by molar-refractivity contribution is -0.141. The summed E-state index contributed by atoms with van der Waals surface area (Å²) in [5.41, 5.74) is -1.11. The van der Waals surface area contributed by atoms with E-state index in [1.807, 2.05) is 0 Å². The summed E-state index contributed by atoms with van der Waals surface area (Å²) < 4.78 is 36.8. The predicted octanol–water partition coefficient (Wildman–Crippen LogP) is 0.712. The molecule has 0 aromatic carbocycles. The summed E-state index contributed by atoms with van der Waals surface area (Å²) in [6.07, 6.45) is -4.13. The van der Waals surface area contributed by atoms with Crippen LogP contribution in [-0.4, -0.2) is 28.1 Å². The number of nitrogens with one attached hydrogen (secondary N) is 2. The summed E-state index contributed by atoms with van der Waals surface area (Å²) in [6.45, 7) is 0. The number of hydrogen-bond donors (Lipinski definition) is 2. The third-order valence-corrected chi connectivity index (χ3v) is 2.52. The van der Waals surface area contributed by atoms with Gasteiger partial charge in [0.25, 0.3) is 0 Å². The average molecular weight is 274 g/mol. The van der Waals surface area contributed by atoms with Crippen molar-refractivity contribution in [2.24, 2.45) is 0 Å². The standard InChI is InChI=1S/C10H9F3N4O2/c11-10(12,13)6-2-3-7(17-16-6)14-5-1-4-8(18)15-9(5)19/h2-3,5H,1,4H2,(H,14,17)(H,15,18,19). The molecule has 1 saturated heterocycles. The van der Waals surface area contributed by atoms with Crippen molar-refractivity contribution in [2.75, 3.05) is 5.32 Å². The number of halogens is 3. The Bertz CT molecular complexity index is 500. The Morgan fingerprint density at radius 3 is 2.53 bits per heavy atom. The smallest absolute Gasteiger partial charge is 0.357 e. The molecular formula is C10H9F3N4O2. The van der Waals surface area contributed by atoms with Gasteiger partial charge >= 0.3 is 6.18 Å². The van der Waals surface area contributed by atoms with Crippen LogP contribution in [0.25, 0.3) is 0 Å². The highest BCUT2D eigenvalue weighted by atomic mass is 19.4. The largest absolute Gasteiger partial charge is 0.435 e. The van der Waals surface area contributed by atoms with Crippen LogP contribution >= 0.6 is 0 Å². The lowest BCUT2D eigenvalue weighted by Crippen LogP contribution is -2.47. The summed E-state index contributed by atoms with van der Waals surface area (Å²) in [6, 6.07) is 1.14. The minimum absolute atomic E-state index is 0.0440. The van der Waals surface area contributed by atoms with E-state index in [0.717, 1.165) is 12.1 Å². The molecule has 1 aliphatic heterocycles. The second-order valence-electron chi connectivity index (χ2n) is 3.95. The average Bonchev–Trinajstić information content (AvgIpc) is 2.32. The van der Waals surface area contributed by atoms with Crippen molar-refractivity contribution in [3.05, 3.63) is 17.8 Å². The van der Waals surface area contributed by atoms with Gasteiger partial charge < -0.3 is 5.32 Å². The number of imide groups is 1. The molecule has 1 atom stereocenters. The van der Waals surface area contributed by atoms with Crippen LogP contribution in [0.4, 0.5) is 19.0 Å². The fourth-order valence-corrected chi connectivity index (χ4v) is 1.57. The molecule has 0 aliphatic carbocycles. The SMILES string of the molecule is O=C1CCC(Nc2ccc(C(F)(F)F)nn2)C(=O)N1. The molecule has 1 aromatic heterocycles. The van der Waals surface area contributed by atoms with Crippen LogP contribution in [0.15, 0.2) is 12.1 Å². The lowest BCUT2D eigenvalue weighted by Gasteiger charge is -2.21. The first kappa shape index (κ1) is 13.2. The maximum atomic E-state index is 12.3. The van der Waals surface area contributed by atoms with Crippen LogP contribution in [-0.2, 0) is 15.8 Å². The highest BCUT2D eigenvalue weighted by Crippen LogP contribution is 2.27. The number of carbonyl (C=O) groups excluding carboxylic acids is 2.